The highest BCUT2D eigenvalue weighted by molar-refractivity contribution is 7.12. The Hall–Kier alpha value is -2.46. The molecule has 1 saturated carbocycles. The van der Waals surface area contributed by atoms with Crippen LogP contribution in [0.4, 0.5) is 8.78 Å². The number of fused-ring (bicyclic) bond motifs is 1. The van der Waals surface area contributed by atoms with E-state index in [4.69, 9.17) is 5.73 Å². The molecule has 0 unspecified atom stereocenters. The Bertz CT molecular complexity index is 1000. The number of hydrogen-bond acceptors (Lipinski definition) is 6. The third-order valence-corrected chi connectivity index (χ3v) is 5.55. The molecule has 1 aliphatic rings. The molecule has 7 nitrogen and oxygen atoms in total. The van der Waals surface area contributed by atoms with E-state index in [1.165, 1.54) is 0 Å². The Morgan fingerprint density at radius 2 is 2.22 bits per heavy atom. The molecule has 142 valence electrons. The number of aromatic nitrogens is 4. The fourth-order valence-electron chi connectivity index (χ4n) is 3.29. The minimum atomic E-state index is -3.02. The first-order chi connectivity index (χ1) is 12.8. The maximum absolute atomic E-state index is 14.1. The highest BCUT2D eigenvalue weighted by Gasteiger charge is 2.46. The molecule has 27 heavy (non-hydrogen) atoms. The monoisotopic (exact) mass is 392 g/mol. The lowest BCUT2D eigenvalue weighted by Crippen LogP contribution is -2.59. The van der Waals surface area contributed by atoms with Gasteiger partial charge < -0.3 is 11.1 Å². The van der Waals surface area contributed by atoms with Crippen LogP contribution in [0.25, 0.3) is 22.4 Å². The van der Waals surface area contributed by atoms with Crippen molar-refractivity contribution in [1.29, 1.82) is 0 Å². The summed E-state index contributed by atoms with van der Waals surface area (Å²) >= 11 is 1.07. The molecule has 1 fully saturated rings. The van der Waals surface area contributed by atoms with Crippen molar-refractivity contribution in [1.82, 2.24) is 25.5 Å². The first-order valence-electron chi connectivity index (χ1n) is 8.57. The number of hydrogen-bond donors (Lipinski definition) is 3. The Morgan fingerprint density at radius 1 is 1.41 bits per heavy atom. The molecule has 0 saturated heterocycles. The molecular weight excluding hydrogens is 374 g/mol. The number of amides is 1. The lowest BCUT2D eigenvalue weighted by atomic mass is 9.87. The van der Waals surface area contributed by atoms with Gasteiger partial charge in [-0.25, -0.2) is 18.7 Å². The summed E-state index contributed by atoms with van der Waals surface area (Å²) < 4.78 is 28.2. The van der Waals surface area contributed by atoms with Gasteiger partial charge >= 0.3 is 0 Å². The number of aromatic amines is 1. The molecule has 4 N–H and O–H groups in total. The van der Waals surface area contributed by atoms with Gasteiger partial charge in [0.25, 0.3) is 11.8 Å². The van der Waals surface area contributed by atoms with Gasteiger partial charge in [-0.3, -0.25) is 9.89 Å². The molecule has 0 radical (unpaired) electrons. The number of nitrogens with one attached hydrogen (secondary N) is 2. The van der Waals surface area contributed by atoms with Crippen molar-refractivity contribution < 1.29 is 13.6 Å². The van der Waals surface area contributed by atoms with Crippen LogP contribution in [-0.2, 0) is 0 Å². The highest BCUT2D eigenvalue weighted by Crippen LogP contribution is 2.33. The van der Waals surface area contributed by atoms with Crippen LogP contribution in [-0.4, -0.2) is 44.1 Å². The lowest BCUT2D eigenvalue weighted by molar-refractivity contribution is -0.0674. The number of rotatable bonds is 3. The van der Waals surface area contributed by atoms with E-state index < -0.39 is 23.9 Å². The van der Waals surface area contributed by atoms with Crippen LogP contribution in [0.2, 0.25) is 0 Å². The van der Waals surface area contributed by atoms with Crippen molar-refractivity contribution in [2.24, 2.45) is 5.73 Å². The van der Waals surface area contributed by atoms with Crippen LogP contribution in [0.15, 0.2) is 17.5 Å². The van der Waals surface area contributed by atoms with Gasteiger partial charge in [0.15, 0.2) is 5.01 Å². The topological polar surface area (TPSA) is 110 Å². The van der Waals surface area contributed by atoms with Crippen LogP contribution >= 0.6 is 11.3 Å². The van der Waals surface area contributed by atoms with Gasteiger partial charge in [-0.1, -0.05) is 0 Å². The third-order valence-electron chi connectivity index (χ3n) is 4.71. The van der Waals surface area contributed by atoms with Crippen LogP contribution in [0.1, 0.15) is 34.8 Å². The Morgan fingerprint density at radius 3 is 3.00 bits per heavy atom. The second-order valence-corrected chi connectivity index (χ2v) is 7.59. The molecule has 2 atom stereocenters. The minimum absolute atomic E-state index is 0.0855. The zero-order valence-corrected chi connectivity index (χ0v) is 15.3. The lowest BCUT2D eigenvalue weighted by Gasteiger charge is -2.36. The van der Waals surface area contributed by atoms with E-state index in [0.717, 1.165) is 22.5 Å². The molecule has 1 amide bonds. The van der Waals surface area contributed by atoms with Gasteiger partial charge in [-0.15, -0.1) is 11.3 Å². The molecule has 3 heterocycles. The van der Waals surface area contributed by atoms with Gasteiger partial charge in [-0.05, 0) is 31.9 Å². The molecular formula is C17H18F2N6OS. The zero-order chi connectivity index (χ0) is 19.2. The van der Waals surface area contributed by atoms with Crippen LogP contribution in [0, 0.1) is 6.92 Å². The summed E-state index contributed by atoms with van der Waals surface area (Å²) in [6.07, 6.45) is 0.521. The number of thiazole rings is 1. The number of nitrogens with zero attached hydrogens (tertiary/aromatic N) is 3. The molecule has 0 aliphatic heterocycles. The van der Waals surface area contributed by atoms with E-state index in [1.54, 1.807) is 5.38 Å². The average Bonchev–Trinajstić information content (AvgIpc) is 3.24. The van der Waals surface area contributed by atoms with Gasteiger partial charge in [-0.2, -0.15) is 5.10 Å². The summed E-state index contributed by atoms with van der Waals surface area (Å²) in [5, 5.41) is 11.2. The normalized spacial score (nSPS) is 22.1. The number of pyridine rings is 1. The number of carbonyl (C=O) groups excluding carboxylic acids is 1. The van der Waals surface area contributed by atoms with Gasteiger partial charge in [0.2, 0.25) is 0 Å². The van der Waals surface area contributed by atoms with E-state index in [9.17, 15) is 13.6 Å². The fraction of sp³-hybridized carbons (Fsp3) is 0.412. The number of halogens is 2. The maximum atomic E-state index is 14.1. The van der Waals surface area contributed by atoms with E-state index in [-0.39, 0.29) is 11.4 Å². The Labute approximate surface area is 157 Å². The third kappa shape index (κ3) is 3.30. The smallest absolute Gasteiger partial charge is 0.280 e. The summed E-state index contributed by atoms with van der Waals surface area (Å²) in [6, 6.07) is 1.56. The number of nitrogens with two attached hydrogens (primary N) is 1. The Balaban J connectivity index is 1.58. The van der Waals surface area contributed by atoms with Crippen molar-refractivity contribution in [2.45, 2.75) is 44.2 Å². The summed E-state index contributed by atoms with van der Waals surface area (Å²) in [5.41, 5.74) is 9.01. The first-order valence-corrected chi connectivity index (χ1v) is 9.45. The second-order valence-electron chi connectivity index (χ2n) is 6.73. The van der Waals surface area contributed by atoms with Crippen LogP contribution in [0.3, 0.4) is 0 Å². The molecule has 0 bridgehead atoms. The molecule has 10 heteroatoms. The van der Waals surface area contributed by atoms with Crippen molar-refractivity contribution in [3.05, 3.63) is 28.2 Å². The summed E-state index contributed by atoms with van der Waals surface area (Å²) in [5.74, 6) is -3.68. The van der Waals surface area contributed by atoms with E-state index in [0.29, 0.717) is 29.7 Å². The molecule has 0 aromatic carbocycles. The number of aryl methyl sites for hydroxylation is 1. The number of carbonyl (C=O) groups is 1. The van der Waals surface area contributed by atoms with Crippen molar-refractivity contribution in [3.8, 4) is 11.4 Å². The van der Waals surface area contributed by atoms with Gasteiger partial charge in [0.1, 0.15) is 22.9 Å². The van der Waals surface area contributed by atoms with Crippen LogP contribution in [0.5, 0.6) is 0 Å². The molecule has 1 aliphatic carbocycles. The van der Waals surface area contributed by atoms with Crippen molar-refractivity contribution in [3.63, 3.8) is 0 Å². The number of alkyl halides is 2. The Kier molecular flexibility index (Phi) is 4.39. The summed E-state index contributed by atoms with van der Waals surface area (Å²) in [4.78, 5) is 21.2. The zero-order valence-electron chi connectivity index (χ0n) is 14.5. The molecule has 4 rings (SSSR count). The minimum Gasteiger partial charge on any atom is -0.340 e. The van der Waals surface area contributed by atoms with Gasteiger partial charge in [0.05, 0.1) is 5.52 Å². The van der Waals surface area contributed by atoms with E-state index in [2.05, 4.69) is 25.5 Å². The predicted molar refractivity (Wildman–Crippen MR) is 97.8 cm³/mol. The van der Waals surface area contributed by atoms with E-state index >= 15 is 0 Å². The van der Waals surface area contributed by atoms with E-state index in [1.807, 2.05) is 19.1 Å². The van der Waals surface area contributed by atoms with Crippen molar-refractivity contribution >= 4 is 28.3 Å². The van der Waals surface area contributed by atoms with Crippen molar-refractivity contribution in [2.75, 3.05) is 0 Å². The predicted octanol–water partition coefficient (Wildman–Crippen LogP) is 2.63. The number of H-pyrrole nitrogens is 1. The molecule has 3 aromatic heterocycles. The van der Waals surface area contributed by atoms with Crippen LogP contribution < -0.4 is 11.1 Å². The quantitative estimate of drug-likeness (QED) is 0.635. The maximum Gasteiger partial charge on any atom is 0.280 e. The average molecular weight is 392 g/mol. The second kappa shape index (κ2) is 6.61. The molecule has 0 spiro atoms. The van der Waals surface area contributed by atoms with Gasteiger partial charge in [0, 0.05) is 23.5 Å². The highest BCUT2D eigenvalue weighted by atomic mass is 32.1. The standard InChI is InChI=1S/C17H18F2N6OS/c1-8-4-5-10-12(21-8)13(25-24-10)11-7-27-16(22-11)15(26)23-14-9(20)3-2-6-17(14,18)19/h4-5,7,9,14H,2-3,6,20H2,1H3,(H,23,26)(H,24,25)/t9-,14-/m1/s1. The fourth-order valence-corrected chi connectivity index (χ4v) is 3.99. The summed E-state index contributed by atoms with van der Waals surface area (Å²) in [7, 11) is 0. The SMILES string of the molecule is Cc1ccc2[nH]nc(-c3csc(C(=O)N[C@@H]4[C@H](N)CCCC4(F)F)n3)c2n1. The molecule has 3 aromatic rings. The largest absolute Gasteiger partial charge is 0.340 e. The summed E-state index contributed by atoms with van der Waals surface area (Å²) in [6.45, 7) is 1.86. The first kappa shape index (κ1) is 17.9.